The minimum Gasteiger partial charge on any atom is -0.440 e. The average Bonchev–Trinajstić information content (AvgIpc) is 2.85. The maximum absolute atomic E-state index is 12.2. The molecule has 100 valence electrons. The molecular formula is C14H14ClNO3. The highest BCUT2D eigenvalue weighted by Gasteiger charge is 2.18. The topological polar surface area (TPSA) is 53.7 Å². The van der Waals surface area contributed by atoms with Gasteiger partial charge in [-0.05, 0) is 29.3 Å². The molecule has 19 heavy (non-hydrogen) atoms. The van der Waals surface area contributed by atoms with Crippen LogP contribution in [0, 0.1) is 0 Å². The van der Waals surface area contributed by atoms with Gasteiger partial charge in [0.2, 0.25) is 0 Å². The molecule has 0 aliphatic heterocycles. The van der Waals surface area contributed by atoms with Gasteiger partial charge in [0.1, 0.15) is 0 Å². The number of benzene rings is 1. The third-order valence-corrected chi connectivity index (χ3v) is 2.86. The lowest BCUT2D eigenvalue weighted by Gasteiger charge is -2.20. The molecular weight excluding hydrogens is 266 g/mol. The summed E-state index contributed by atoms with van der Waals surface area (Å²) in [6.07, 6.45) is 0. The predicted molar refractivity (Wildman–Crippen MR) is 72.0 cm³/mol. The zero-order chi connectivity index (χ0) is 13.7. The number of hydrogen-bond acceptors (Lipinski definition) is 3. The summed E-state index contributed by atoms with van der Waals surface area (Å²) in [5.74, 6) is -0.112. The summed E-state index contributed by atoms with van der Waals surface area (Å²) in [5.41, 5.74) is 0.988. The van der Waals surface area contributed by atoms with Crippen LogP contribution in [-0.4, -0.2) is 29.1 Å². The minimum atomic E-state index is -0.287. The second kappa shape index (κ2) is 6.41. The lowest BCUT2D eigenvalue weighted by atomic mass is 10.2. The molecule has 1 heterocycles. The molecule has 1 N–H and O–H groups in total. The van der Waals surface area contributed by atoms with Gasteiger partial charge >= 0.3 is 0 Å². The van der Waals surface area contributed by atoms with Crippen molar-refractivity contribution in [2.45, 2.75) is 6.54 Å². The maximum Gasteiger partial charge on any atom is 0.290 e. The summed E-state index contributed by atoms with van der Waals surface area (Å²) < 4.78 is 5.10. The Morgan fingerprint density at radius 3 is 2.53 bits per heavy atom. The van der Waals surface area contributed by atoms with Crippen molar-refractivity contribution in [2.24, 2.45) is 0 Å². The number of aliphatic hydroxyl groups excluding tert-OH is 1. The summed E-state index contributed by atoms with van der Waals surface area (Å²) in [4.78, 5) is 13.7. The van der Waals surface area contributed by atoms with E-state index in [1.807, 2.05) is 30.3 Å². The van der Waals surface area contributed by atoms with Gasteiger partial charge in [-0.1, -0.05) is 30.3 Å². The van der Waals surface area contributed by atoms with E-state index in [-0.39, 0.29) is 30.0 Å². The van der Waals surface area contributed by atoms with Crippen LogP contribution in [0.4, 0.5) is 0 Å². The first-order chi connectivity index (χ1) is 9.20. The fourth-order valence-corrected chi connectivity index (χ4v) is 1.91. The number of furan rings is 1. The van der Waals surface area contributed by atoms with Crippen molar-refractivity contribution in [1.29, 1.82) is 0 Å². The van der Waals surface area contributed by atoms with Crippen molar-refractivity contribution < 1.29 is 14.3 Å². The molecule has 1 aromatic heterocycles. The quantitative estimate of drug-likeness (QED) is 0.915. The van der Waals surface area contributed by atoms with E-state index < -0.39 is 0 Å². The van der Waals surface area contributed by atoms with Crippen molar-refractivity contribution in [1.82, 2.24) is 4.90 Å². The van der Waals surface area contributed by atoms with Crippen LogP contribution < -0.4 is 0 Å². The van der Waals surface area contributed by atoms with Gasteiger partial charge in [0.15, 0.2) is 11.0 Å². The standard InChI is InChI=1S/C14H14ClNO3/c15-13-7-6-12(19-13)14(18)16(8-9-17)10-11-4-2-1-3-5-11/h1-7,17H,8-10H2. The number of hydrogen-bond donors (Lipinski definition) is 1. The Morgan fingerprint density at radius 1 is 1.21 bits per heavy atom. The normalized spacial score (nSPS) is 10.4. The van der Waals surface area contributed by atoms with Crippen LogP contribution >= 0.6 is 11.6 Å². The van der Waals surface area contributed by atoms with Crippen molar-refractivity contribution in [3.05, 3.63) is 59.0 Å². The lowest BCUT2D eigenvalue weighted by molar-refractivity contribution is 0.0676. The molecule has 0 saturated heterocycles. The molecule has 0 saturated carbocycles. The molecule has 1 amide bonds. The third-order valence-electron chi connectivity index (χ3n) is 2.66. The van der Waals surface area contributed by atoms with Gasteiger partial charge in [-0.25, -0.2) is 0 Å². The first kappa shape index (κ1) is 13.6. The second-order valence-corrected chi connectivity index (χ2v) is 4.41. The molecule has 1 aromatic carbocycles. The highest BCUT2D eigenvalue weighted by atomic mass is 35.5. The van der Waals surface area contributed by atoms with Gasteiger partial charge in [0.05, 0.1) is 6.61 Å². The van der Waals surface area contributed by atoms with Crippen LogP contribution in [0.3, 0.4) is 0 Å². The molecule has 5 heteroatoms. The Kier molecular flexibility index (Phi) is 4.60. The van der Waals surface area contributed by atoms with E-state index in [1.54, 1.807) is 0 Å². The first-order valence-corrected chi connectivity index (χ1v) is 6.28. The van der Waals surface area contributed by atoms with Crippen LogP contribution in [0.5, 0.6) is 0 Å². The van der Waals surface area contributed by atoms with Gasteiger partial charge in [-0.2, -0.15) is 0 Å². The highest BCUT2D eigenvalue weighted by molar-refractivity contribution is 6.29. The van der Waals surface area contributed by atoms with Crippen molar-refractivity contribution >= 4 is 17.5 Å². The van der Waals surface area contributed by atoms with Gasteiger partial charge < -0.3 is 14.4 Å². The van der Waals surface area contributed by atoms with Crippen LogP contribution in [0.15, 0.2) is 46.9 Å². The minimum absolute atomic E-state index is 0.104. The Morgan fingerprint density at radius 2 is 1.95 bits per heavy atom. The van der Waals surface area contributed by atoms with Gasteiger partial charge in [-0.15, -0.1) is 0 Å². The van der Waals surface area contributed by atoms with Gasteiger partial charge in [0, 0.05) is 13.1 Å². The van der Waals surface area contributed by atoms with Crippen LogP contribution in [0.25, 0.3) is 0 Å². The van der Waals surface area contributed by atoms with Crippen LogP contribution in [0.2, 0.25) is 5.22 Å². The number of nitrogens with zero attached hydrogens (tertiary/aromatic N) is 1. The Hall–Kier alpha value is -1.78. The van der Waals surface area contributed by atoms with E-state index in [0.717, 1.165) is 5.56 Å². The van der Waals surface area contributed by atoms with Crippen molar-refractivity contribution in [3.8, 4) is 0 Å². The molecule has 2 rings (SSSR count). The van der Waals surface area contributed by atoms with Crippen LogP contribution in [0.1, 0.15) is 16.1 Å². The molecule has 0 atom stereocenters. The van der Waals surface area contributed by atoms with E-state index in [0.29, 0.717) is 6.54 Å². The summed E-state index contributed by atoms with van der Waals surface area (Å²) in [5, 5.41) is 9.24. The van der Waals surface area contributed by atoms with E-state index in [2.05, 4.69) is 0 Å². The SMILES string of the molecule is O=C(c1ccc(Cl)o1)N(CCO)Cc1ccccc1. The molecule has 0 fully saturated rings. The third kappa shape index (κ3) is 3.59. The lowest BCUT2D eigenvalue weighted by Crippen LogP contribution is -2.32. The second-order valence-electron chi connectivity index (χ2n) is 4.04. The fourth-order valence-electron chi connectivity index (χ4n) is 1.76. The van der Waals surface area contributed by atoms with Gasteiger partial charge in [-0.3, -0.25) is 4.79 Å². The zero-order valence-corrected chi connectivity index (χ0v) is 11.0. The van der Waals surface area contributed by atoms with Crippen molar-refractivity contribution in [2.75, 3.05) is 13.2 Å². The molecule has 0 radical (unpaired) electrons. The number of aliphatic hydroxyl groups is 1. The summed E-state index contributed by atoms with van der Waals surface area (Å²) in [7, 11) is 0. The number of amides is 1. The van der Waals surface area contributed by atoms with Crippen LogP contribution in [-0.2, 0) is 6.54 Å². The van der Waals surface area contributed by atoms with E-state index in [9.17, 15) is 4.79 Å². The van der Waals surface area contributed by atoms with E-state index in [4.69, 9.17) is 21.1 Å². The van der Waals surface area contributed by atoms with E-state index in [1.165, 1.54) is 17.0 Å². The molecule has 0 unspecified atom stereocenters. The molecule has 2 aromatic rings. The number of carbonyl (C=O) groups is 1. The summed E-state index contributed by atoms with van der Waals surface area (Å²) >= 11 is 5.66. The monoisotopic (exact) mass is 279 g/mol. The number of carbonyl (C=O) groups excluding carboxylic acids is 1. The number of halogens is 1. The predicted octanol–water partition coefficient (Wildman–Crippen LogP) is 2.57. The van der Waals surface area contributed by atoms with E-state index >= 15 is 0 Å². The summed E-state index contributed by atoms with van der Waals surface area (Å²) in [6.45, 7) is 0.553. The molecule has 0 aliphatic carbocycles. The number of rotatable bonds is 5. The average molecular weight is 280 g/mol. The molecule has 0 aliphatic rings. The highest BCUT2D eigenvalue weighted by Crippen LogP contribution is 2.16. The van der Waals surface area contributed by atoms with Crippen molar-refractivity contribution in [3.63, 3.8) is 0 Å². The molecule has 4 nitrogen and oxygen atoms in total. The summed E-state index contributed by atoms with van der Waals surface area (Å²) in [6, 6.07) is 12.6. The molecule has 0 spiro atoms. The smallest absolute Gasteiger partial charge is 0.290 e. The fraction of sp³-hybridized carbons (Fsp3) is 0.214. The largest absolute Gasteiger partial charge is 0.440 e. The Bertz CT molecular complexity index is 539. The zero-order valence-electron chi connectivity index (χ0n) is 10.3. The Labute approximate surface area is 116 Å². The first-order valence-electron chi connectivity index (χ1n) is 5.90. The Balaban J connectivity index is 2.13. The maximum atomic E-state index is 12.2. The molecule has 0 bridgehead atoms. The van der Waals surface area contributed by atoms with Gasteiger partial charge in [0.25, 0.3) is 5.91 Å².